The van der Waals surface area contributed by atoms with Gasteiger partial charge in [0.15, 0.2) is 0 Å². The lowest BCUT2D eigenvalue weighted by Crippen LogP contribution is -2.41. The number of amides is 2. The lowest BCUT2D eigenvalue weighted by Gasteiger charge is -2.25. The predicted octanol–water partition coefficient (Wildman–Crippen LogP) is 3.90. The van der Waals surface area contributed by atoms with Gasteiger partial charge in [0.25, 0.3) is 0 Å². The molecule has 0 spiro atoms. The molecule has 3 rings (SSSR count). The van der Waals surface area contributed by atoms with Crippen molar-refractivity contribution in [2.24, 2.45) is 5.92 Å². The molecule has 1 aliphatic carbocycles. The molecule has 2 aromatic rings. The topological polar surface area (TPSA) is 66.9 Å². The first-order chi connectivity index (χ1) is 12.2. The second kappa shape index (κ2) is 8.81. The average Bonchev–Trinajstić information content (AvgIpc) is 3.15. The molecule has 1 aliphatic rings. The number of carbonyl (C=O) groups excluding carboxylic acids is 1. The molecule has 5 nitrogen and oxygen atoms in total. The number of hydrogen-bond donors (Lipinski definition) is 2. The van der Waals surface area contributed by atoms with Gasteiger partial charge in [-0.25, -0.2) is 4.79 Å². The number of carbonyl (C=O) groups is 1. The average molecular weight is 359 g/mol. The molecule has 1 fully saturated rings. The minimum atomic E-state index is -0.152. The molecular weight excluding hydrogens is 336 g/mol. The lowest BCUT2D eigenvalue weighted by atomic mass is 9.92. The molecule has 2 N–H and O–H groups in total. The molecule has 6 heteroatoms. The molecule has 1 aromatic heterocycles. The van der Waals surface area contributed by atoms with E-state index in [0.717, 1.165) is 24.1 Å². The van der Waals surface area contributed by atoms with Crippen LogP contribution >= 0.6 is 11.6 Å². The van der Waals surface area contributed by atoms with Gasteiger partial charge in [0, 0.05) is 36.6 Å². The van der Waals surface area contributed by atoms with E-state index in [1.54, 1.807) is 18.6 Å². The summed E-state index contributed by atoms with van der Waals surface area (Å²) in [6.45, 7) is 0.525. The van der Waals surface area contributed by atoms with Crippen LogP contribution in [-0.2, 0) is 6.42 Å². The summed E-state index contributed by atoms with van der Waals surface area (Å²) in [7, 11) is 0. The maximum Gasteiger partial charge on any atom is 0.315 e. The Morgan fingerprint density at radius 3 is 2.84 bits per heavy atom. The molecule has 0 radical (unpaired) electrons. The summed E-state index contributed by atoms with van der Waals surface area (Å²) in [5, 5.41) is 6.76. The molecule has 1 heterocycles. The fourth-order valence-corrected chi connectivity index (χ4v) is 3.62. The van der Waals surface area contributed by atoms with E-state index in [1.807, 2.05) is 24.3 Å². The van der Waals surface area contributed by atoms with Gasteiger partial charge < -0.3 is 10.6 Å². The lowest BCUT2D eigenvalue weighted by molar-refractivity contribution is 0.231. The minimum Gasteiger partial charge on any atom is -0.338 e. The van der Waals surface area contributed by atoms with E-state index in [1.165, 1.54) is 12.8 Å². The van der Waals surface area contributed by atoms with Crippen LogP contribution in [0.15, 0.2) is 42.9 Å². The van der Waals surface area contributed by atoms with Gasteiger partial charge in [-0.1, -0.05) is 36.6 Å². The van der Waals surface area contributed by atoms with E-state index < -0.39 is 0 Å². The summed E-state index contributed by atoms with van der Waals surface area (Å²) in [5.74, 6) is 0.462. The molecular formula is C19H23ClN4O. The largest absolute Gasteiger partial charge is 0.338 e. The fourth-order valence-electron chi connectivity index (χ4n) is 3.42. The smallest absolute Gasteiger partial charge is 0.315 e. The van der Waals surface area contributed by atoms with Gasteiger partial charge in [0.1, 0.15) is 0 Å². The highest BCUT2D eigenvalue weighted by molar-refractivity contribution is 6.30. The Balaban J connectivity index is 1.58. The number of hydrogen-bond acceptors (Lipinski definition) is 3. The summed E-state index contributed by atoms with van der Waals surface area (Å²) in [6, 6.07) is 7.63. The van der Waals surface area contributed by atoms with Crippen LogP contribution in [-0.4, -0.2) is 22.5 Å². The van der Waals surface area contributed by atoms with Gasteiger partial charge in [-0.15, -0.1) is 0 Å². The Hall–Kier alpha value is -2.14. The van der Waals surface area contributed by atoms with Crippen LogP contribution in [0.3, 0.4) is 0 Å². The Kier molecular flexibility index (Phi) is 6.23. The molecule has 0 saturated heterocycles. The Morgan fingerprint density at radius 1 is 1.28 bits per heavy atom. The monoisotopic (exact) mass is 358 g/mol. The van der Waals surface area contributed by atoms with E-state index in [9.17, 15) is 4.79 Å². The summed E-state index contributed by atoms with van der Waals surface area (Å²) in [4.78, 5) is 20.6. The van der Waals surface area contributed by atoms with Crippen LogP contribution in [0.4, 0.5) is 4.79 Å². The number of nitrogens with one attached hydrogen (secondary N) is 2. The quantitative estimate of drug-likeness (QED) is 0.822. The van der Waals surface area contributed by atoms with Gasteiger partial charge in [-0.05, 0) is 36.5 Å². The number of benzene rings is 1. The molecule has 2 amide bonds. The zero-order chi connectivity index (χ0) is 17.5. The first kappa shape index (κ1) is 17.7. The van der Waals surface area contributed by atoms with Crippen molar-refractivity contribution < 1.29 is 4.79 Å². The highest BCUT2D eigenvalue weighted by Crippen LogP contribution is 2.36. The van der Waals surface area contributed by atoms with Gasteiger partial charge in [0.2, 0.25) is 0 Å². The van der Waals surface area contributed by atoms with Crippen molar-refractivity contribution in [2.45, 2.75) is 38.1 Å². The highest BCUT2D eigenvalue weighted by Gasteiger charge is 2.27. The van der Waals surface area contributed by atoms with Gasteiger partial charge in [-0.2, -0.15) is 0 Å². The second-order valence-corrected chi connectivity index (χ2v) is 6.86. The van der Waals surface area contributed by atoms with Crippen molar-refractivity contribution in [1.29, 1.82) is 0 Å². The maximum absolute atomic E-state index is 12.4. The van der Waals surface area contributed by atoms with Gasteiger partial charge >= 0.3 is 6.03 Å². The molecule has 1 aromatic carbocycles. The summed E-state index contributed by atoms with van der Waals surface area (Å²) in [5.41, 5.74) is 1.94. The molecule has 0 bridgehead atoms. The summed E-state index contributed by atoms with van der Waals surface area (Å²) < 4.78 is 0. The van der Waals surface area contributed by atoms with Crippen molar-refractivity contribution in [3.05, 3.63) is 59.1 Å². The van der Waals surface area contributed by atoms with Crippen LogP contribution < -0.4 is 10.6 Å². The number of rotatable bonds is 6. The van der Waals surface area contributed by atoms with E-state index in [0.29, 0.717) is 23.9 Å². The van der Waals surface area contributed by atoms with Crippen molar-refractivity contribution in [2.75, 3.05) is 6.54 Å². The first-order valence-corrected chi connectivity index (χ1v) is 9.15. The Labute approximate surface area is 153 Å². The van der Waals surface area contributed by atoms with Crippen LogP contribution in [0.2, 0.25) is 5.02 Å². The molecule has 25 heavy (non-hydrogen) atoms. The Morgan fingerprint density at radius 2 is 2.12 bits per heavy atom. The van der Waals surface area contributed by atoms with Gasteiger partial charge in [0.05, 0.1) is 11.7 Å². The van der Waals surface area contributed by atoms with Crippen molar-refractivity contribution >= 4 is 17.6 Å². The van der Waals surface area contributed by atoms with E-state index >= 15 is 0 Å². The zero-order valence-electron chi connectivity index (χ0n) is 14.1. The normalized spacial score (nSPS) is 15.7. The third kappa shape index (κ3) is 5.16. The highest BCUT2D eigenvalue weighted by atomic mass is 35.5. The molecule has 1 unspecified atom stereocenters. The molecule has 132 valence electrons. The minimum absolute atomic E-state index is 0.00211. The predicted molar refractivity (Wildman–Crippen MR) is 98.4 cm³/mol. The molecule has 0 aliphatic heterocycles. The van der Waals surface area contributed by atoms with Crippen LogP contribution in [0.5, 0.6) is 0 Å². The van der Waals surface area contributed by atoms with Gasteiger partial charge in [-0.3, -0.25) is 9.97 Å². The number of halogens is 1. The van der Waals surface area contributed by atoms with E-state index in [4.69, 9.17) is 11.6 Å². The number of nitrogens with zero attached hydrogens (tertiary/aromatic N) is 2. The summed E-state index contributed by atoms with van der Waals surface area (Å²) in [6.07, 6.45) is 10.4. The standard InChI is InChI=1S/C19H23ClN4O/c20-16-7-3-6-15(12-16)18(14-4-1-2-5-14)24-19(25)23-9-8-17-13-21-10-11-22-17/h3,6-7,10-14,18H,1-2,4-5,8-9H2,(H2,23,24,25). The summed E-state index contributed by atoms with van der Waals surface area (Å²) >= 11 is 6.14. The number of urea groups is 1. The first-order valence-electron chi connectivity index (χ1n) is 8.77. The number of aromatic nitrogens is 2. The third-order valence-corrected chi connectivity index (χ3v) is 4.88. The third-order valence-electron chi connectivity index (χ3n) is 4.65. The zero-order valence-corrected chi connectivity index (χ0v) is 14.9. The Bertz CT molecular complexity index is 689. The SMILES string of the molecule is O=C(NCCc1cnccn1)NC(c1cccc(Cl)c1)C1CCCC1. The van der Waals surface area contributed by atoms with Crippen LogP contribution in [0, 0.1) is 5.92 Å². The van der Waals surface area contributed by atoms with Crippen molar-refractivity contribution in [3.8, 4) is 0 Å². The van der Waals surface area contributed by atoms with Crippen molar-refractivity contribution in [1.82, 2.24) is 20.6 Å². The fraction of sp³-hybridized carbons (Fsp3) is 0.421. The van der Waals surface area contributed by atoms with Crippen molar-refractivity contribution in [3.63, 3.8) is 0 Å². The second-order valence-electron chi connectivity index (χ2n) is 6.42. The maximum atomic E-state index is 12.4. The van der Waals surface area contributed by atoms with E-state index in [2.05, 4.69) is 20.6 Å². The van der Waals surface area contributed by atoms with E-state index in [-0.39, 0.29) is 12.1 Å². The van der Waals surface area contributed by atoms with Crippen LogP contribution in [0.1, 0.15) is 43.0 Å². The van der Waals surface area contributed by atoms with Crippen LogP contribution in [0.25, 0.3) is 0 Å². The molecule has 1 saturated carbocycles. The molecule has 1 atom stereocenters.